The van der Waals surface area contributed by atoms with Crippen LogP contribution in [0.3, 0.4) is 0 Å². The van der Waals surface area contributed by atoms with Gasteiger partial charge < -0.3 is 15.4 Å². The van der Waals surface area contributed by atoms with Gasteiger partial charge in [0, 0.05) is 31.4 Å². The number of benzene rings is 1. The Balaban J connectivity index is 2.64. The van der Waals surface area contributed by atoms with Crippen LogP contribution in [0.15, 0.2) is 30.3 Å². The van der Waals surface area contributed by atoms with Crippen LogP contribution in [0.5, 0.6) is 0 Å². The summed E-state index contributed by atoms with van der Waals surface area (Å²) in [6, 6.07) is 8.81. The van der Waals surface area contributed by atoms with E-state index in [-0.39, 0.29) is 18.8 Å². The van der Waals surface area contributed by atoms with Crippen LogP contribution >= 0.6 is 0 Å². The smallest absolute Gasteiger partial charge is 0.408 e. The lowest BCUT2D eigenvalue weighted by molar-refractivity contribution is -0.123. The molecule has 9 heteroatoms. The highest BCUT2D eigenvalue weighted by atomic mass is 32.2. The van der Waals surface area contributed by atoms with Crippen molar-refractivity contribution >= 4 is 21.8 Å². The topological polar surface area (TPSA) is 105 Å². The number of carbonyl (C=O) groups is 2. The number of ether oxygens (including phenoxy) is 1. The first kappa shape index (κ1) is 25.9. The van der Waals surface area contributed by atoms with Crippen molar-refractivity contribution in [1.29, 1.82) is 0 Å². The molecule has 0 bridgehead atoms. The molecular weight excluding hydrogens is 406 g/mol. The van der Waals surface area contributed by atoms with Gasteiger partial charge in [0.25, 0.3) is 0 Å². The molecule has 30 heavy (non-hydrogen) atoms. The van der Waals surface area contributed by atoms with Crippen molar-refractivity contribution in [3.8, 4) is 0 Å². The number of hydrogen-bond donors (Lipinski definition) is 2. The molecule has 0 saturated heterocycles. The number of amides is 2. The molecule has 8 nitrogen and oxygen atoms in total. The summed E-state index contributed by atoms with van der Waals surface area (Å²) in [6.07, 6.45) is 0.306. The highest BCUT2D eigenvalue weighted by Crippen LogP contribution is 2.05. The first-order valence-electron chi connectivity index (χ1n) is 10.2. The molecule has 0 heterocycles. The van der Waals surface area contributed by atoms with E-state index in [4.69, 9.17) is 4.74 Å². The van der Waals surface area contributed by atoms with Gasteiger partial charge in [-0.25, -0.2) is 13.2 Å². The molecule has 0 radical (unpaired) electrons. The third-order valence-corrected chi connectivity index (χ3v) is 5.57. The largest absolute Gasteiger partial charge is 0.445 e. The Kier molecular flexibility index (Phi) is 10.8. The first-order chi connectivity index (χ1) is 14.0. The van der Waals surface area contributed by atoms with E-state index in [2.05, 4.69) is 43.2 Å². The van der Waals surface area contributed by atoms with Crippen molar-refractivity contribution in [3.05, 3.63) is 35.9 Å². The van der Waals surface area contributed by atoms with Gasteiger partial charge in [-0.1, -0.05) is 30.3 Å². The molecule has 0 spiro atoms. The average molecular weight is 442 g/mol. The van der Waals surface area contributed by atoms with Gasteiger partial charge in [0.1, 0.15) is 22.5 Å². The zero-order valence-corrected chi connectivity index (χ0v) is 19.4. The predicted molar refractivity (Wildman–Crippen MR) is 118 cm³/mol. The standard InChI is InChI=1S/C21H35N3O5S/c1-16(2)24(17(3)4)13-12-22-20(25)19(11-14-30(5,27)28)23-21(26)29-15-18-9-7-6-8-10-18/h6-10,16-17,19H,11-15H2,1-5H3,(H,22,25)(H,23,26)/t19-/m0/s1. The Hall–Kier alpha value is -2.13. The number of hydrogen-bond acceptors (Lipinski definition) is 6. The quantitative estimate of drug-likeness (QED) is 0.514. The molecule has 0 saturated carbocycles. The third kappa shape index (κ3) is 10.6. The second kappa shape index (κ2) is 12.5. The molecule has 0 aliphatic heterocycles. The SMILES string of the molecule is CC(C)N(CCNC(=O)[C@H](CCS(C)(=O)=O)NC(=O)OCc1ccccc1)C(C)C. The summed E-state index contributed by atoms with van der Waals surface area (Å²) >= 11 is 0. The minimum atomic E-state index is -3.28. The summed E-state index contributed by atoms with van der Waals surface area (Å²) in [6.45, 7) is 9.44. The molecule has 1 rings (SSSR count). The van der Waals surface area contributed by atoms with Gasteiger partial charge in [0.05, 0.1) is 5.75 Å². The summed E-state index contributed by atoms with van der Waals surface area (Å²) in [7, 11) is -3.28. The molecule has 0 unspecified atom stereocenters. The van der Waals surface area contributed by atoms with Gasteiger partial charge in [-0.3, -0.25) is 9.69 Å². The normalized spacial score (nSPS) is 12.8. The molecule has 0 aliphatic rings. The van der Waals surface area contributed by atoms with Crippen molar-refractivity contribution in [2.24, 2.45) is 0 Å². The van der Waals surface area contributed by atoms with Crippen LogP contribution in [-0.4, -0.2) is 68.5 Å². The van der Waals surface area contributed by atoms with Crippen LogP contribution in [-0.2, 0) is 26.0 Å². The van der Waals surface area contributed by atoms with E-state index in [1.54, 1.807) is 0 Å². The fourth-order valence-corrected chi connectivity index (χ4v) is 3.72. The minimum absolute atomic E-state index is 0.0246. The molecule has 1 aromatic carbocycles. The zero-order valence-electron chi connectivity index (χ0n) is 18.6. The van der Waals surface area contributed by atoms with Crippen LogP contribution in [0.1, 0.15) is 39.7 Å². The maximum absolute atomic E-state index is 12.6. The lowest BCUT2D eigenvalue weighted by Gasteiger charge is -2.30. The number of nitrogens with zero attached hydrogens (tertiary/aromatic N) is 1. The van der Waals surface area contributed by atoms with E-state index in [0.29, 0.717) is 25.2 Å². The van der Waals surface area contributed by atoms with Crippen molar-refractivity contribution in [2.45, 2.75) is 58.8 Å². The van der Waals surface area contributed by atoms with E-state index < -0.39 is 27.9 Å². The van der Waals surface area contributed by atoms with Crippen molar-refractivity contribution in [2.75, 3.05) is 25.1 Å². The molecular formula is C21H35N3O5S. The molecule has 0 aliphatic carbocycles. The highest BCUT2D eigenvalue weighted by Gasteiger charge is 2.23. The van der Waals surface area contributed by atoms with Gasteiger partial charge in [0.2, 0.25) is 5.91 Å². The summed E-state index contributed by atoms with van der Waals surface area (Å²) in [5, 5.41) is 5.28. The first-order valence-corrected chi connectivity index (χ1v) is 12.2. The maximum atomic E-state index is 12.6. The molecule has 0 fully saturated rings. The lowest BCUT2D eigenvalue weighted by Crippen LogP contribution is -2.50. The summed E-state index contributed by atoms with van der Waals surface area (Å²) < 4.78 is 28.2. The Morgan fingerprint density at radius 1 is 1.07 bits per heavy atom. The number of rotatable bonds is 12. The molecule has 170 valence electrons. The zero-order chi connectivity index (χ0) is 22.7. The monoisotopic (exact) mass is 441 g/mol. The molecule has 1 aromatic rings. The number of alkyl carbamates (subject to hydrolysis) is 1. The van der Waals surface area contributed by atoms with Crippen LogP contribution in [0, 0.1) is 0 Å². The minimum Gasteiger partial charge on any atom is -0.445 e. The fourth-order valence-electron chi connectivity index (χ4n) is 3.05. The third-order valence-electron chi connectivity index (χ3n) is 4.59. The van der Waals surface area contributed by atoms with Gasteiger partial charge in [0.15, 0.2) is 0 Å². The van der Waals surface area contributed by atoms with E-state index >= 15 is 0 Å². The number of sulfone groups is 1. The van der Waals surface area contributed by atoms with Gasteiger partial charge >= 0.3 is 6.09 Å². The van der Waals surface area contributed by atoms with Crippen molar-refractivity contribution in [1.82, 2.24) is 15.5 Å². The molecule has 0 aromatic heterocycles. The summed E-state index contributed by atoms with van der Waals surface area (Å²) in [5.74, 6) is -0.642. The van der Waals surface area contributed by atoms with Gasteiger partial charge in [-0.2, -0.15) is 0 Å². The van der Waals surface area contributed by atoms with Gasteiger partial charge in [-0.05, 0) is 39.7 Å². The number of carbonyl (C=O) groups excluding carboxylic acids is 2. The molecule has 2 N–H and O–H groups in total. The summed E-state index contributed by atoms with van der Waals surface area (Å²) in [4.78, 5) is 27.0. The van der Waals surface area contributed by atoms with Crippen LogP contribution in [0.25, 0.3) is 0 Å². The second-order valence-electron chi connectivity index (χ2n) is 7.89. The average Bonchev–Trinajstić information content (AvgIpc) is 2.66. The van der Waals surface area contributed by atoms with Crippen LogP contribution in [0.4, 0.5) is 4.79 Å². The molecule has 2 amide bonds. The Morgan fingerprint density at radius 2 is 1.67 bits per heavy atom. The lowest BCUT2D eigenvalue weighted by atomic mass is 10.2. The highest BCUT2D eigenvalue weighted by molar-refractivity contribution is 7.90. The fraction of sp³-hybridized carbons (Fsp3) is 0.619. The van der Waals surface area contributed by atoms with E-state index in [9.17, 15) is 18.0 Å². The predicted octanol–water partition coefficient (Wildman–Crippen LogP) is 1.95. The van der Waals surface area contributed by atoms with E-state index in [0.717, 1.165) is 11.8 Å². The van der Waals surface area contributed by atoms with Gasteiger partial charge in [-0.15, -0.1) is 0 Å². The summed E-state index contributed by atoms with van der Waals surface area (Å²) in [5.41, 5.74) is 0.812. The second-order valence-corrected chi connectivity index (χ2v) is 10.2. The maximum Gasteiger partial charge on any atom is 0.408 e. The Bertz CT molecular complexity index is 758. The van der Waals surface area contributed by atoms with Crippen LogP contribution in [0.2, 0.25) is 0 Å². The van der Waals surface area contributed by atoms with Crippen LogP contribution < -0.4 is 10.6 Å². The Morgan fingerprint density at radius 3 is 2.20 bits per heavy atom. The molecule has 1 atom stereocenters. The Labute approximate surface area is 180 Å². The number of nitrogens with one attached hydrogen (secondary N) is 2. The van der Waals surface area contributed by atoms with E-state index in [1.165, 1.54) is 0 Å². The van der Waals surface area contributed by atoms with Crippen molar-refractivity contribution in [3.63, 3.8) is 0 Å². The van der Waals surface area contributed by atoms with E-state index in [1.807, 2.05) is 30.3 Å². The van der Waals surface area contributed by atoms with Crippen molar-refractivity contribution < 1.29 is 22.7 Å².